The maximum atomic E-state index is 12.7. The standard InChI is InChI=1S/C22H30N2O4/c1-2-17-20(27-15-10-23-8-4-3-5-9-23)7-6-18-19(25)16-21(28-22(17)18)24-11-13-26-14-12-24/h6-7,16H,2-5,8-15H2,1H3. The molecule has 28 heavy (non-hydrogen) atoms. The van der Waals surface area contributed by atoms with Crippen molar-refractivity contribution in [3.05, 3.63) is 34.0 Å². The molecule has 2 aliphatic rings. The van der Waals surface area contributed by atoms with Crippen molar-refractivity contribution in [2.75, 3.05) is 57.4 Å². The van der Waals surface area contributed by atoms with Gasteiger partial charge in [-0.2, -0.15) is 0 Å². The quantitative estimate of drug-likeness (QED) is 0.761. The van der Waals surface area contributed by atoms with Crippen LogP contribution >= 0.6 is 0 Å². The van der Waals surface area contributed by atoms with Gasteiger partial charge in [0.15, 0.2) is 11.3 Å². The number of anilines is 1. The van der Waals surface area contributed by atoms with Gasteiger partial charge in [0.2, 0.25) is 0 Å². The van der Waals surface area contributed by atoms with Crippen LogP contribution in [-0.2, 0) is 11.2 Å². The number of piperidine rings is 1. The molecule has 2 aliphatic heterocycles. The van der Waals surface area contributed by atoms with Crippen LogP contribution in [0.3, 0.4) is 0 Å². The molecular weight excluding hydrogens is 356 g/mol. The summed E-state index contributed by atoms with van der Waals surface area (Å²) in [6.07, 6.45) is 4.66. The molecule has 0 radical (unpaired) electrons. The first-order valence-corrected chi connectivity index (χ1v) is 10.5. The lowest BCUT2D eigenvalue weighted by atomic mass is 10.1. The third-order valence-corrected chi connectivity index (χ3v) is 5.73. The van der Waals surface area contributed by atoms with Crippen LogP contribution in [0, 0.1) is 0 Å². The van der Waals surface area contributed by atoms with E-state index in [9.17, 15) is 4.79 Å². The molecule has 2 fully saturated rings. The molecule has 1 aromatic carbocycles. The largest absolute Gasteiger partial charge is 0.492 e. The highest BCUT2D eigenvalue weighted by atomic mass is 16.5. The van der Waals surface area contributed by atoms with Gasteiger partial charge in [-0.15, -0.1) is 0 Å². The van der Waals surface area contributed by atoms with Crippen molar-refractivity contribution in [3.8, 4) is 5.75 Å². The Morgan fingerprint density at radius 1 is 1.07 bits per heavy atom. The summed E-state index contributed by atoms with van der Waals surface area (Å²) in [5.41, 5.74) is 1.63. The second-order valence-electron chi connectivity index (χ2n) is 7.57. The molecule has 0 saturated carbocycles. The number of hydrogen-bond acceptors (Lipinski definition) is 6. The van der Waals surface area contributed by atoms with Gasteiger partial charge in [0.05, 0.1) is 18.6 Å². The molecular formula is C22H30N2O4. The van der Waals surface area contributed by atoms with E-state index in [0.29, 0.717) is 36.7 Å². The van der Waals surface area contributed by atoms with Crippen LogP contribution in [0.1, 0.15) is 31.7 Å². The van der Waals surface area contributed by atoms with Crippen molar-refractivity contribution in [3.63, 3.8) is 0 Å². The molecule has 2 aromatic rings. The van der Waals surface area contributed by atoms with E-state index in [4.69, 9.17) is 13.9 Å². The second kappa shape index (κ2) is 8.97. The minimum absolute atomic E-state index is 0.00249. The van der Waals surface area contributed by atoms with Crippen LogP contribution in [0.5, 0.6) is 5.75 Å². The van der Waals surface area contributed by atoms with E-state index in [1.165, 1.54) is 32.4 Å². The third-order valence-electron chi connectivity index (χ3n) is 5.73. The predicted octanol–water partition coefficient (Wildman–Crippen LogP) is 3.06. The fourth-order valence-electron chi connectivity index (χ4n) is 4.12. The van der Waals surface area contributed by atoms with Crippen molar-refractivity contribution >= 4 is 16.9 Å². The van der Waals surface area contributed by atoms with E-state index >= 15 is 0 Å². The minimum Gasteiger partial charge on any atom is -0.492 e. The van der Waals surface area contributed by atoms with Gasteiger partial charge in [0, 0.05) is 31.3 Å². The van der Waals surface area contributed by atoms with Crippen molar-refractivity contribution in [1.29, 1.82) is 0 Å². The Balaban J connectivity index is 1.57. The Morgan fingerprint density at radius 2 is 1.86 bits per heavy atom. The van der Waals surface area contributed by atoms with Gasteiger partial charge in [-0.05, 0) is 44.5 Å². The smallest absolute Gasteiger partial charge is 0.200 e. The number of likely N-dealkylation sites (tertiary alicyclic amines) is 1. The Morgan fingerprint density at radius 3 is 2.61 bits per heavy atom. The summed E-state index contributed by atoms with van der Waals surface area (Å²) >= 11 is 0. The zero-order valence-corrected chi connectivity index (χ0v) is 16.7. The maximum Gasteiger partial charge on any atom is 0.200 e. The number of hydrogen-bond donors (Lipinski definition) is 0. The number of aryl methyl sites for hydroxylation is 1. The zero-order chi connectivity index (χ0) is 19.3. The average molecular weight is 386 g/mol. The summed E-state index contributed by atoms with van der Waals surface area (Å²) in [5, 5.41) is 0.622. The van der Waals surface area contributed by atoms with E-state index in [-0.39, 0.29) is 5.43 Å². The first kappa shape index (κ1) is 19.3. The molecule has 0 aliphatic carbocycles. The van der Waals surface area contributed by atoms with Crippen molar-refractivity contribution in [2.24, 2.45) is 0 Å². The normalized spacial score (nSPS) is 18.5. The summed E-state index contributed by atoms with van der Waals surface area (Å²) in [6.45, 7) is 8.80. The van der Waals surface area contributed by atoms with Crippen LogP contribution < -0.4 is 15.1 Å². The molecule has 4 rings (SSSR count). The van der Waals surface area contributed by atoms with Crippen LogP contribution in [0.25, 0.3) is 11.0 Å². The number of benzene rings is 1. The Labute approximate surface area is 166 Å². The molecule has 2 saturated heterocycles. The topological polar surface area (TPSA) is 55.2 Å². The highest BCUT2D eigenvalue weighted by Gasteiger charge is 2.18. The fourth-order valence-corrected chi connectivity index (χ4v) is 4.12. The third kappa shape index (κ3) is 4.18. The summed E-state index contributed by atoms with van der Waals surface area (Å²) in [5.74, 6) is 1.45. The van der Waals surface area contributed by atoms with E-state index in [2.05, 4.69) is 16.7 Å². The van der Waals surface area contributed by atoms with Crippen LogP contribution in [0.15, 0.2) is 27.4 Å². The van der Waals surface area contributed by atoms with Gasteiger partial charge in [-0.1, -0.05) is 13.3 Å². The molecule has 1 aromatic heterocycles. The molecule has 152 valence electrons. The molecule has 0 N–H and O–H groups in total. The molecule has 6 nitrogen and oxygen atoms in total. The lowest BCUT2D eigenvalue weighted by Gasteiger charge is -2.27. The van der Waals surface area contributed by atoms with Crippen LogP contribution in [-0.4, -0.2) is 57.4 Å². The van der Waals surface area contributed by atoms with Gasteiger partial charge in [-0.25, -0.2) is 0 Å². The lowest BCUT2D eigenvalue weighted by Crippen LogP contribution is -2.36. The molecule has 0 amide bonds. The van der Waals surface area contributed by atoms with Gasteiger partial charge >= 0.3 is 0 Å². The van der Waals surface area contributed by atoms with Crippen LogP contribution in [0.4, 0.5) is 5.88 Å². The Bertz CT molecular complexity index is 851. The molecule has 3 heterocycles. The van der Waals surface area contributed by atoms with Crippen molar-refractivity contribution in [1.82, 2.24) is 4.90 Å². The number of morpholine rings is 1. The first-order chi connectivity index (χ1) is 13.8. The summed E-state index contributed by atoms with van der Waals surface area (Å²) < 4.78 is 17.8. The monoisotopic (exact) mass is 386 g/mol. The number of rotatable bonds is 6. The first-order valence-electron chi connectivity index (χ1n) is 10.5. The summed E-state index contributed by atoms with van der Waals surface area (Å²) in [4.78, 5) is 17.2. The van der Waals surface area contributed by atoms with E-state index in [1.807, 2.05) is 12.1 Å². The number of ether oxygens (including phenoxy) is 2. The average Bonchev–Trinajstić information content (AvgIpc) is 2.75. The van der Waals surface area contributed by atoms with Gasteiger partial charge in [0.25, 0.3) is 0 Å². The van der Waals surface area contributed by atoms with E-state index < -0.39 is 0 Å². The van der Waals surface area contributed by atoms with Gasteiger partial charge in [-0.3, -0.25) is 9.69 Å². The lowest BCUT2D eigenvalue weighted by molar-refractivity contribution is 0.121. The molecule has 6 heteroatoms. The Kier molecular flexibility index (Phi) is 6.17. The summed E-state index contributed by atoms with van der Waals surface area (Å²) in [7, 11) is 0. The highest BCUT2D eigenvalue weighted by molar-refractivity contribution is 5.83. The van der Waals surface area contributed by atoms with Gasteiger partial charge < -0.3 is 18.8 Å². The minimum atomic E-state index is -0.00249. The van der Waals surface area contributed by atoms with Crippen molar-refractivity contribution < 1.29 is 13.9 Å². The maximum absolute atomic E-state index is 12.7. The highest BCUT2D eigenvalue weighted by Crippen LogP contribution is 2.30. The van der Waals surface area contributed by atoms with Crippen molar-refractivity contribution in [2.45, 2.75) is 32.6 Å². The Hall–Kier alpha value is -2.05. The molecule has 0 spiro atoms. The van der Waals surface area contributed by atoms with E-state index in [1.54, 1.807) is 6.07 Å². The summed E-state index contributed by atoms with van der Waals surface area (Å²) in [6, 6.07) is 5.35. The van der Waals surface area contributed by atoms with E-state index in [0.717, 1.165) is 37.4 Å². The second-order valence-corrected chi connectivity index (χ2v) is 7.57. The number of nitrogens with zero attached hydrogens (tertiary/aromatic N) is 2. The SMILES string of the molecule is CCc1c(OCCN2CCCCC2)ccc2c(=O)cc(N3CCOCC3)oc12. The van der Waals surface area contributed by atoms with Gasteiger partial charge in [0.1, 0.15) is 17.9 Å². The number of fused-ring (bicyclic) bond motifs is 1. The molecule has 0 bridgehead atoms. The molecule has 0 atom stereocenters. The fraction of sp³-hybridized carbons (Fsp3) is 0.591. The molecule has 0 unspecified atom stereocenters. The zero-order valence-electron chi connectivity index (χ0n) is 16.7. The predicted molar refractivity (Wildman–Crippen MR) is 111 cm³/mol. The van der Waals surface area contributed by atoms with Crippen LogP contribution in [0.2, 0.25) is 0 Å².